The summed E-state index contributed by atoms with van der Waals surface area (Å²) in [5.74, 6) is 0. The van der Waals surface area contributed by atoms with E-state index in [2.05, 4.69) is 24.5 Å². The summed E-state index contributed by atoms with van der Waals surface area (Å²) in [5.41, 5.74) is 5.25. The third kappa shape index (κ3) is 4.64. The molecule has 0 heterocycles. The smallest absolute Gasteiger partial charge is 0.133 e. The van der Waals surface area contributed by atoms with Gasteiger partial charge in [-0.05, 0) is 6.42 Å². The minimum atomic E-state index is 0.283. The third-order valence-electron chi connectivity index (χ3n) is 1.04. The first-order valence-electron chi connectivity index (χ1n) is 3.26. The van der Waals surface area contributed by atoms with Crippen LogP contribution < -0.4 is 11.1 Å². The molecule has 58 valence electrons. The van der Waals surface area contributed by atoms with Crippen LogP contribution in [0.25, 0.3) is 0 Å². The summed E-state index contributed by atoms with van der Waals surface area (Å²) < 4.78 is 0. The van der Waals surface area contributed by atoms with E-state index in [-0.39, 0.29) is 4.99 Å². The lowest BCUT2D eigenvalue weighted by Crippen LogP contribution is -2.33. The molecule has 3 N–H and O–H groups in total. The fraction of sp³-hybridized carbons (Fsp3) is 0.667. The maximum Gasteiger partial charge on any atom is 0.133 e. The number of thiocarbonyl (C=S) groups is 2. The molecule has 0 radical (unpaired) electrons. The van der Waals surface area contributed by atoms with Crippen molar-refractivity contribution in [3.05, 3.63) is 0 Å². The normalized spacial score (nSPS) is 8.90. The summed E-state index contributed by atoms with van der Waals surface area (Å²) >= 11 is 9.46. The molecule has 0 unspecified atom stereocenters. The van der Waals surface area contributed by atoms with Gasteiger partial charge in [-0.25, -0.2) is 0 Å². The van der Waals surface area contributed by atoms with Crippen LogP contribution in [-0.2, 0) is 0 Å². The van der Waals surface area contributed by atoms with Crippen molar-refractivity contribution in [1.29, 1.82) is 0 Å². The van der Waals surface area contributed by atoms with Crippen LogP contribution in [0.5, 0.6) is 0 Å². The summed E-state index contributed by atoms with van der Waals surface area (Å²) in [5, 5.41) is 2.95. The van der Waals surface area contributed by atoms with Crippen LogP contribution in [-0.4, -0.2) is 16.5 Å². The van der Waals surface area contributed by atoms with E-state index >= 15 is 0 Å². The molecule has 0 aromatic carbocycles. The van der Waals surface area contributed by atoms with Gasteiger partial charge in [0.15, 0.2) is 0 Å². The van der Waals surface area contributed by atoms with E-state index < -0.39 is 0 Å². The molecule has 10 heavy (non-hydrogen) atoms. The van der Waals surface area contributed by atoms with Crippen LogP contribution in [0.2, 0.25) is 0 Å². The van der Waals surface area contributed by atoms with E-state index in [1.54, 1.807) is 0 Å². The van der Waals surface area contributed by atoms with Crippen molar-refractivity contribution in [2.24, 2.45) is 5.73 Å². The number of unbranched alkanes of at least 4 members (excludes halogenated alkanes) is 1. The van der Waals surface area contributed by atoms with Gasteiger partial charge in [0.2, 0.25) is 0 Å². The van der Waals surface area contributed by atoms with E-state index in [1.807, 2.05) is 0 Å². The van der Waals surface area contributed by atoms with Crippen molar-refractivity contribution in [2.75, 3.05) is 6.54 Å². The highest BCUT2D eigenvalue weighted by Crippen LogP contribution is 1.83. The maximum atomic E-state index is 5.25. The second-order valence-electron chi connectivity index (χ2n) is 1.97. The molecule has 0 aromatic rings. The van der Waals surface area contributed by atoms with Crippen molar-refractivity contribution in [3.8, 4) is 0 Å². The minimum absolute atomic E-state index is 0.283. The number of rotatable bonds is 3. The van der Waals surface area contributed by atoms with Gasteiger partial charge in [0.1, 0.15) is 9.98 Å². The molecule has 2 nitrogen and oxygen atoms in total. The molecule has 0 bridgehead atoms. The standard InChI is InChI=1S/C6H12N2S2/c1-2-3-4-8-6(10)5(7)9/h2-4H2,1H3,(H2,7,9)(H,8,10). The lowest BCUT2D eigenvalue weighted by Gasteiger charge is -2.03. The van der Waals surface area contributed by atoms with Gasteiger partial charge in [0.25, 0.3) is 0 Å². The fourth-order valence-electron chi connectivity index (χ4n) is 0.466. The van der Waals surface area contributed by atoms with Gasteiger partial charge in [-0.15, -0.1) is 0 Å². The van der Waals surface area contributed by atoms with Crippen LogP contribution >= 0.6 is 24.4 Å². The number of nitrogens with one attached hydrogen (secondary N) is 1. The zero-order valence-corrected chi connectivity index (χ0v) is 7.65. The lowest BCUT2D eigenvalue weighted by molar-refractivity contribution is 0.761. The maximum absolute atomic E-state index is 5.25. The Kier molecular flexibility index (Phi) is 5.43. The predicted octanol–water partition coefficient (Wildman–Crippen LogP) is 0.990. The van der Waals surface area contributed by atoms with Crippen molar-refractivity contribution in [2.45, 2.75) is 19.8 Å². The molecule has 0 atom stereocenters. The Labute approximate surface area is 72.2 Å². The monoisotopic (exact) mass is 176 g/mol. The van der Waals surface area contributed by atoms with Crippen molar-refractivity contribution in [1.82, 2.24) is 5.32 Å². The molecule has 0 saturated heterocycles. The predicted molar refractivity (Wildman–Crippen MR) is 52.3 cm³/mol. The van der Waals surface area contributed by atoms with Gasteiger partial charge < -0.3 is 11.1 Å². The molecule has 0 aliphatic rings. The Hall–Kier alpha value is -0.220. The van der Waals surface area contributed by atoms with E-state index in [4.69, 9.17) is 18.0 Å². The van der Waals surface area contributed by atoms with E-state index in [0.29, 0.717) is 4.99 Å². The van der Waals surface area contributed by atoms with Crippen LogP contribution in [0, 0.1) is 0 Å². The largest absolute Gasteiger partial charge is 0.388 e. The van der Waals surface area contributed by atoms with Gasteiger partial charge in [-0.2, -0.15) is 0 Å². The van der Waals surface area contributed by atoms with Gasteiger partial charge in [-0.3, -0.25) is 0 Å². The first-order valence-corrected chi connectivity index (χ1v) is 4.07. The lowest BCUT2D eigenvalue weighted by atomic mass is 10.3. The molecule has 0 aliphatic heterocycles. The summed E-state index contributed by atoms with van der Waals surface area (Å²) in [7, 11) is 0. The van der Waals surface area contributed by atoms with Gasteiger partial charge >= 0.3 is 0 Å². The average molecular weight is 176 g/mol. The number of hydrogen-bond donors (Lipinski definition) is 2. The Morgan fingerprint density at radius 3 is 2.50 bits per heavy atom. The van der Waals surface area contributed by atoms with Crippen LogP contribution in [0.15, 0.2) is 0 Å². The summed E-state index contributed by atoms with van der Waals surface area (Å²) in [4.78, 5) is 0.787. The van der Waals surface area contributed by atoms with Crippen LogP contribution in [0.3, 0.4) is 0 Å². The summed E-state index contributed by atoms with van der Waals surface area (Å²) in [6, 6.07) is 0. The Bertz CT molecular complexity index is 134. The first-order chi connectivity index (χ1) is 4.68. The Morgan fingerprint density at radius 1 is 1.50 bits per heavy atom. The minimum Gasteiger partial charge on any atom is -0.388 e. The highest BCUT2D eigenvalue weighted by molar-refractivity contribution is 7.89. The molecular formula is C6H12N2S2. The van der Waals surface area contributed by atoms with Crippen molar-refractivity contribution < 1.29 is 0 Å². The number of nitrogens with two attached hydrogens (primary N) is 1. The second-order valence-corrected chi connectivity index (χ2v) is 2.82. The molecule has 0 aromatic heterocycles. The highest BCUT2D eigenvalue weighted by Gasteiger charge is 1.95. The number of hydrogen-bond acceptors (Lipinski definition) is 2. The van der Waals surface area contributed by atoms with Crippen LogP contribution in [0.1, 0.15) is 19.8 Å². The van der Waals surface area contributed by atoms with E-state index in [9.17, 15) is 0 Å². The third-order valence-corrected chi connectivity index (χ3v) is 1.74. The zero-order chi connectivity index (χ0) is 7.98. The Balaban J connectivity index is 3.31. The fourth-order valence-corrected chi connectivity index (χ4v) is 0.640. The molecule has 0 aliphatic carbocycles. The molecule has 0 amide bonds. The van der Waals surface area contributed by atoms with Gasteiger partial charge in [0.05, 0.1) is 0 Å². The molecule has 4 heteroatoms. The summed E-state index contributed by atoms with van der Waals surface area (Å²) in [6.07, 6.45) is 2.25. The quantitative estimate of drug-likeness (QED) is 0.497. The molecule has 0 fully saturated rings. The zero-order valence-electron chi connectivity index (χ0n) is 6.02. The second kappa shape index (κ2) is 5.56. The first kappa shape index (κ1) is 9.78. The van der Waals surface area contributed by atoms with Crippen molar-refractivity contribution >= 4 is 34.4 Å². The Morgan fingerprint density at radius 2 is 2.10 bits per heavy atom. The van der Waals surface area contributed by atoms with Crippen LogP contribution in [0.4, 0.5) is 0 Å². The van der Waals surface area contributed by atoms with E-state index in [0.717, 1.165) is 19.4 Å². The topological polar surface area (TPSA) is 38.0 Å². The highest BCUT2D eigenvalue weighted by atomic mass is 32.1. The van der Waals surface area contributed by atoms with E-state index in [1.165, 1.54) is 0 Å². The average Bonchev–Trinajstić information content (AvgIpc) is 1.88. The molecule has 0 saturated carbocycles. The molecular weight excluding hydrogens is 164 g/mol. The molecule has 0 spiro atoms. The van der Waals surface area contributed by atoms with Crippen molar-refractivity contribution in [3.63, 3.8) is 0 Å². The summed E-state index contributed by atoms with van der Waals surface area (Å²) in [6.45, 7) is 2.98. The molecule has 0 rings (SSSR count). The van der Waals surface area contributed by atoms with Gasteiger partial charge in [-0.1, -0.05) is 37.8 Å². The SMILES string of the molecule is CCCCNC(=S)C(N)=S. The van der Waals surface area contributed by atoms with Gasteiger partial charge in [0, 0.05) is 6.54 Å².